The molecule has 14 heavy (non-hydrogen) atoms. The summed E-state index contributed by atoms with van der Waals surface area (Å²) >= 11 is 1.63. The van der Waals surface area contributed by atoms with E-state index < -0.39 is 0 Å². The van der Waals surface area contributed by atoms with E-state index in [4.69, 9.17) is 4.74 Å². The number of methoxy groups -OCH3 is 1. The molecule has 0 aliphatic rings. The largest absolute Gasteiger partial charge is 0.497 e. The molecule has 3 nitrogen and oxygen atoms in total. The maximum atomic E-state index is 5.12. The highest BCUT2D eigenvalue weighted by Crippen LogP contribution is 2.25. The van der Waals surface area contributed by atoms with Gasteiger partial charge in [-0.2, -0.15) is 0 Å². The van der Waals surface area contributed by atoms with Gasteiger partial charge in [0, 0.05) is 23.3 Å². The summed E-state index contributed by atoms with van der Waals surface area (Å²) in [6.07, 6.45) is 3.58. The Morgan fingerprint density at radius 1 is 1.36 bits per heavy atom. The molecule has 2 heterocycles. The van der Waals surface area contributed by atoms with Gasteiger partial charge < -0.3 is 4.74 Å². The van der Waals surface area contributed by atoms with Crippen LogP contribution in [0.2, 0.25) is 0 Å². The van der Waals surface area contributed by atoms with E-state index in [2.05, 4.69) is 9.97 Å². The van der Waals surface area contributed by atoms with Crippen molar-refractivity contribution in [3.63, 3.8) is 0 Å². The van der Waals surface area contributed by atoms with Crippen LogP contribution in [0.4, 0.5) is 0 Å². The van der Waals surface area contributed by atoms with E-state index in [1.807, 2.05) is 25.3 Å². The zero-order chi connectivity index (χ0) is 9.97. The van der Waals surface area contributed by atoms with Gasteiger partial charge in [-0.25, -0.2) is 4.98 Å². The third-order valence-corrected chi connectivity index (χ3v) is 2.74. The molecule has 0 radical (unpaired) electrons. The lowest BCUT2D eigenvalue weighted by Gasteiger charge is -1.99. The topological polar surface area (TPSA) is 35.0 Å². The summed E-state index contributed by atoms with van der Waals surface area (Å²) in [4.78, 5) is 9.69. The molecule has 4 heteroatoms. The fourth-order valence-electron chi connectivity index (χ4n) is 1.13. The highest BCUT2D eigenvalue weighted by molar-refractivity contribution is 7.14. The molecule has 0 spiro atoms. The van der Waals surface area contributed by atoms with Crippen LogP contribution in [-0.4, -0.2) is 17.1 Å². The van der Waals surface area contributed by atoms with Crippen LogP contribution >= 0.6 is 11.3 Å². The van der Waals surface area contributed by atoms with Crippen LogP contribution in [0.15, 0.2) is 24.5 Å². The lowest BCUT2D eigenvalue weighted by molar-refractivity contribution is 0.414. The second kappa shape index (κ2) is 3.75. The van der Waals surface area contributed by atoms with Crippen molar-refractivity contribution >= 4 is 11.3 Å². The average molecular weight is 206 g/mol. The Hall–Kier alpha value is -1.42. The maximum absolute atomic E-state index is 5.12. The Bertz CT molecular complexity index is 439. The molecule has 2 rings (SSSR count). The van der Waals surface area contributed by atoms with Gasteiger partial charge in [0.1, 0.15) is 16.5 Å². The molecule has 0 saturated heterocycles. The molecule has 0 saturated carbocycles. The molecule has 0 atom stereocenters. The highest BCUT2D eigenvalue weighted by atomic mass is 32.1. The number of hydrogen-bond donors (Lipinski definition) is 0. The Kier molecular flexibility index (Phi) is 2.45. The molecular weight excluding hydrogens is 196 g/mol. The van der Waals surface area contributed by atoms with Crippen molar-refractivity contribution in [2.75, 3.05) is 7.11 Å². The second-order valence-corrected chi connectivity index (χ2v) is 4.09. The average Bonchev–Trinajstić information content (AvgIpc) is 2.65. The third kappa shape index (κ3) is 1.75. The number of thiazole rings is 1. The van der Waals surface area contributed by atoms with Gasteiger partial charge in [0.15, 0.2) is 0 Å². The fourth-order valence-corrected chi connectivity index (χ4v) is 1.86. The predicted octanol–water partition coefficient (Wildman–Crippen LogP) is 2.52. The van der Waals surface area contributed by atoms with Gasteiger partial charge in [0.05, 0.1) is 7.11 Å². The molecule has 0 amide bonds. The van der Waals surface area contributed by atoms with Gasteiger partial charge in [0.25, 0.3) is 0 Å². The molecular formula is C10H10N2OS. The molecule has 0 N–H and O–H groups in total. The number of nitrogens with zero attached hydrogens (tertiary/aromatic N) is 2. The maximum Gasteiger partial charge on any atom is 0.142 e. The smallest absolute Gasteiger partial charge is 0.142 e. The zero-order valence-electron chi connectivity index (χ0n) is 8.02. The molecule has 0 fully saturated rings. The Balaban J connectivity index is 2.41. The minimum absolute atomic E-state index is 0.808. The molecule has 0 aromatic carbocycles. The number of rotatable bonds is 2. The van der Waals surface area contributed by atoms with Gasteiger partial charge in [0.2, 0.25) is 0 Å². The zero-order valence-corrected chi connectivity index (χ0v) is 8.84. The van der Waals surface area contributed by atoms with E-state index >= 15 is 0 Å². The number of hydrogen-bond acceptors (Lipinski definition) is 4. The van der Waals surface area contributed by atoms with Crippen molar-refractivity contribution in [2.45, 2.75) is 6.92 Å². The summed E-state index contributed by atoms with van der Waals surface area (Å²) in [6, 6.07) is 3.71. The van der Waals surface area contributed by atoms with Gasteiger partial charge in [-0.1, -0.05) is 0 Å². The van der Waals surface area contributed by atoms with Crippen LogP contribution in [0.25, 0.3) is 10.7 Å². The van der Waals surface area contributed by atoms with Crippen molar-refractivity contribution < 1.29 is 4.74 Å². The van der Waals surface area contributed by atoms with E-state index in [0.29, 0.717) is 0 Å². The first-order valence-electron chi connectivity index (χ1n) is 4.22. The van der Waals surface area contributed by atoms with E-state index in [9.17, 15) is 0 Å². The lowest BCUT2D eigenvalue weighted by atomic mass is 10.3. The molecule has 0 aliphatic heterocycles. The van der Waals surface area contributed by atoms with Crippen molar-refractivity contribution in [1.29, 1.82) is 0 Å². The summed E-state index contributed by atoms with van der Waals surface area (Å²) in [5, 5.41) is 0.932. The van der Waals surface area contributed by atoms with E-state index in [-0.39, 0.29) is 0 Å². The van der Waals surface area contributed by atoms with Gasteiger partial charge in [-0.15, -0.1) is 11.3 Å². The second-order valence-electron chi connectivity index (χ2n) is 2.86. The summed E-state index contributed by atoms with van der Waals surface area (Å²) in [6.45, 7) is 2.03. The first-order chi connectivity index (χ1) is 6.79. The summed E-state index contributed by atoms with van der Waals surface area (Å²) in [7, 11) is 1.65. The standard InChI is InChI=1S/C10H10N2OS/c1-7-6-12-10(14-7)9-5-8(13-2)3-4-11-9/h3-6H,1-2H3. The number of aryl methyl sites for hydroxylation is 1. The van der Waals surface area contributed by atoms with Gasteiger partial charge in [-0.3, -0.25) is 4.98 Å². The molecule has 72 valence electrons. The van der Waals surface area contributed by atoms with Crippen molar-refractivity contribution in [3.8, 4) is 16.5 Å². The van der Waals surface area contributed by atoms with Crippen molar-refractivity contribution in [3.05, 3.63) is 29.4 Å². The predicted molar refractivity (Wildman–Crippen MR) is 56.6 cm³/mol. The Labute approximate surface area is 86.4 Å². The van der Waals surface area contributed by atoms with E-state index in [1.54, 1.807) is 24.6 Å². The number of pyridine rings is 1. The monoisotopic (exact) mass is 206 g/mol. The highest BCUT2D eigenvalue weighted by Gasteiger charge is 2.04. The number of aromatic nitrogens is 2. The number of ether oxygens (including phenoxy) is 1. The Morgan fingerprint density at radius 2 is 2.21 bits per heavy atom. The van der Waals surface area contributed by atoms with Gasteiger partial charge >= 0.3 is 0 Å². The molecule has 0 bridgehead atoms. The first kappa shape index (κ1) is 9.15. The first-order valence-corrected chi connectivity index (χ1v) is 5.04. The van der Waals surface area contributed by atoms with Crippen LogP contribution in [0.1, 0.15) is 4.88 Å². The summed E-state index contributed by atoms with van der Waals surface area (Å²) in [5.74, 6) is 0.808. The minimum Gasteiger partial charge on any atom is -0.497 e. The Morgan fingerprint density at radius 3 is 2.86 bits per heavy atom. The molecule has 2 aromatic rings. The molecule has 0 aliphatic carbocycles. The van der Waals surface area contributed by atoms with E-state index in [0.717, 1.165) is 16.5 Å². The lowest BCUT2D eigenvalue weighted by Crippen LogP contribution is -1.86. The summed E-state index contributed by atoms with van der Waals surface area (Å²) < 4.78 is 5.12. The third-order valence-electron chi connectivity index (χ3n) is 1.81. The van der Waals surface area contributed by atoms with Crippen LogP contribution in [0, 0.1) is 6.92 Å². The summed E-state index contributed by atoms with van der Waals surface area (Å²) in [5.41, 5.74) is 0.863. The van der Waals surface area contributed by atoms with Crippen LogP contribution in [-0.2, 0) is 0 Å². The van der Waals surface area contributed by atoms with E-state index in [1.165, 1.54) is 4.88 Å². The SMILES string of the molecule is COc1ccnc(-c2ncc(C)s2)c1. The minimum atomic E-state index is 0.808. The van der Waals surface area contributed by atoms with Crippen LogP contribution in [0.5, 0.6) is 5.75 Å². The van der Waals surface area contributed by atoms with Crippen molar-refractivity contribution in [1.82, 2.24) is 9.97 Å². The quantitative estimate of drug-likeness (QED) is 0.757. The fraction of sp³-hybridized carbons (Fsp3) is 0.200. The van der Waals surface area contributed by atoms with Crippen molar-refractivity contribution in [2.24, 2.45) is 0 Å². The molecule has 0 unspecified atom stereocenters. The van der Waals surface area contributed by atoms with Crippen LogP contribution < -0.4 is 4.74 Å². The normalized spacial score (nSPS) is 10.1. The van der Waals surface area contributed by atoms with Gasteiger partial charge in [-0.05, 0) is 13.0 Å². The van der Waals surface area contributed by atoms with Crippen LogP contribution in [0.3, 0.4) is 0 Å². The molecule has 2 aromatic heterocycles.